The summed E-state index contributed by atoms with van der Waals surface area (Å²) in [6.45, 7) is 16.7. The number of piperazine rings is 1. The Morgan fingerprint density at radius 3 is 2.27 bits per heavy atom. The molecule has 8 nitrogen and oxygen atoms in total. The van der Waals surface area contributed by atoms with Crippen molar-refractivity contribution in [3.05, 3.63) is 40.8 Å². The molecule has 0 aliphatic carbocycles. The van der Waals surface area contributed by atoms with Crippen LogP contribution in [0.2, 0.25) is 0 Å². The Labute approximate surface area is 242 Å². The summed E-state index contributed by atoms with van der Waals surface area (Å²) in [6.07, 6.45) is 0. The predicted octanol–water partition coefficient (Wildman–Crippen LogP) is 3.67. The summed E-state index contributed by atoms with van der Waals surface area (Å²) < 4.78 is 31.7. The van der Waals surface area contributed by atoms with Crippen LogP contribution in [0.15, 0.2) is 35.3 Å². The summed E-state index contributed by atoms with van der Waals surface area (Å²) >= 11 is 1.75. The van der Waals surface area contributed by atoms with E-state index in [1.54, 1.807) is 11.3 Å². The third kappa shape index (κ3) is 8.00. The Bertz CT molecular complexity index is 1160. The molecule has 11 heteroatoms. The van der Waals surface area contributed by atoms with Gasteiger partial charge in [-0.25, -0.2) is 14.1 Å². The highest BCUT2D eigenvalue weighted by molar-refractivity contribution is 7.48. The molecule has 37 heavy (non-hydrogen) atoms. The number of fused-ring (bicyclic) bond motifs is 2. The third-order valence-corrected chi connectivity index (χ3v) is 8.83. The average molecular weight is 663 g/mol. The number of phosphoric acid groups is 1. The van der Waals surface area contributed by atoms with Crippen molar-refractivity contribution in [3.8, 4) is 0 Å². The second kappa shape index (κ2) is 11.2. The van der Waals surface area contributed by atoms with Gasteiger partial charge in [-0.2, -0.15) is 0 Å². The number of thiophene rings is 1. The summed E-state index contributed by atoms with van der Waals surface area (Å²) in [5, 5.41) is 4.70. The van der Waals surface area contributed by atoms with Gasteiger partial charge in [0, 0.05) is 4.88 Å². The highest BCUT2D eigenvalue weighted by Gasteiger charge is 2.41. The lowest BCUT2D eigenvalue weighted by molar-refractivity contribution is -0.928. The Kier molecular flexibility index (Phi) is 9.27. The molecule has 4 rings (SSSR count). The van der Waals surface area contributed by atoms with E-state index in [1.807, 2.05) is 59.7 Å². The van der Waals surface area contributed by atoms with E-state index < -0.39 is 19.0 Å². The molecule has 0 radical (unpaired) electrons. The number of amidine groups is 1. The monoisotopic (exact) mass is 662 g/mol. The van der Waals surface area contributed by atoms with Crippen molar-refractivity contribution in [3.63, 3.8) is 0 Å². The van der Waals surface area contributed by atoms with E-state index in [4.69, 9.17) is 18.6 Å². The smallest absolute Gasteiger partial charge is 0.480 e. The zero-order chi connectivity index (χ0) is 26.4. The molecule has 3 heterocycles. The second-order valence-corrected chi connectivity index (χ2v) is 14.6. The van der Waals surface area contributed by atoms with Crippen molar-refractivity contribution in [1.29, 1.82) is 0 Å². The molecule has 1 aromatic heterocycles. The maximum Gasteiger partial charge on any atom is 0.480 e. The van der Waals surface area contributed by atoms with Crippen LogP contribution >= 0.6 is 19.2 Å². The molecule has 0 amide bonds. The Morgan fingerprint density at radius 1 is 1.08 bits per heavy atom. The highest BCUT2D eigenvalue weighted by atomic mass is 127. The number of aliphatic imine (C=N–C) groups is 1. The standard InChI is InChI=1S/C26H40N4O4PS.HI/c1-19-17-20-23(27-21-11-9-10-12-22(21)28-24(20)36-19)29-13-15-30(8,16-14-29)18-32-35(31,33-25(2,3)4)34-26(5,6)7;/h9-12,17,28H,13-16,18H2,1-8H3;1H/q+1;/p-1. The normalized spacial score (nSPS) is 17.6. The van der Waals surface area contributed by atoms with Crippen molar-refractivity contribution in [1.82, 2.24) is 4.90 Å². The van der Waals surface area contributed by atoms with Crippen LogP contribution in [0.4, 0.5) is 16.4 Å². The topological polar surface area (TPSA) is 72.4 Å². The first-order valence-electron chi connectivity index (χ1n) is 12.4. The van der Waals surface area contributed by atoms with Crippen LogP contribution in [0.3, 0.4) is 0 Å². The van der Waals surface area contributed by atoms with Gasteiger partial charge in [-0.05, 0) is 66.7 Å². The van der Waals surface area contributed by atoms with Crippen LogP contribution in [-0.4, -0.2) is 66.4 Å². The summed E-state index contributed by atoms with van der Waals surface area (Å²) in [4.78, 5) is 8.70. The number of quaternary nitrogens is 1. The number of anilines is 2. The Balaban J connectivity index is 0.00000380. The quantitative estimate of drug-likeness (QED) is 0.300. The third-order valence-electron chi connectivity index (χ3n) is 5.89. The van der Waals surface area contributed by atoms with Crippen molar-refractivity contribution in [2.24, 2.45) is 4.99 Å². The minimum atomic E-state index is -3.76. The molecule has 0 atom stereocenters. The number of phosphoric ester groups is 1. The van der Waals surface area contributed by atoms with Gasteiger partial charge in [0.2, 0.25) is 0 Å². The number of benzene rings is 1. The van der Waals surface area contributed by atoms with Gasteiger partial charge in [-0.1, -0.05) is 12.1 Å². The first kappa shape index (κ1) is 30.5. The second-order valence-electron chi connectivity index (χ2n) is 11.8. The first-order chi connectivity index (χ1) is 16.6. The molecule has 0 bridgehead atoms. The average Bonchev–Trinajstić information content (AvgIpc) is 3.02. The molecule has 1 saturated heterocycles. The van der Waals surface area contributed by atoms with E-state index in [9.17, 15) is 4.57 Å². The number of nitrogens with zero attached hydrogens (tertiary/aromatic N) is 3. The fourth-order valence-corrected chi connectivity index (χ4v) is 7.05. The minimum Gasteiger partial charge on any atom is -1.00 e. The summed E-state index contributed by atoms with van der Waals surface area (Å²) in [7, 11) is -1.63. The van der Waals surface area contributed by atoms with Gasteiger partial charge in [0.1, 0.15) is 10.8 Å². The molecule has 0 unspecified atom stereocenters. The predicted molar refractivity (Wildman–Crippen MR) is 148 cm³/mol. The number of para-hydroxylation sites is 2. The molecule has 0 spiro atoms. The van der Waals surface area contributed by atoms with Gasteiger partial charge in [-0.3, -0.25) is 9.05 Å². The molecule has 2 aliphatic rings. The lowest BCUT2D eigenvalue weighted by Gasteiger charge is -2.43. The molecule has 1 aromatic carbocycles. The summed E-state index contributed by atoms with van der Waals surface area (Å²) in [6, 6.07) is 10.4. The van der Waals surface area contributed by atoms with Gasteiger partial charge in [0.25, 0.3) is 0 Å². The lowest BCUT2D eigenvalue weighted by atomic mass is 10.2. The summed E-state index contributed by atoms with van der Waals surface area (Å²) in [5.41, 5.74) is 1.80. The zero-order valence-electron chi connectivity index (χ0n) is 23.1. The molecule has 2 aliphatic heterocycles. The number of likely N-dealkylation sites (N-methyl/N-ethyl adjacent to an activating group) is 1. The molecule has 2 aromatic rings. The van der Waals surface area contributed by atoms with Crippen molar-refractivity contribution < 1.29 is 46.6 Å². The van der Waals surface area contributed by atoms with Crippen LogP contribution < -0.4 is 29.3 Å². The van der Waals surface area contributed by atoms with Crippen LogP contribution in [0.25, 0.3) is 0 Å². The Hall–Kier alpha value is -1.01. The van der Waals surface area contributed by atoms with E-state index >= 15 is 0 Å². The van der Waals surface area contributed by atoms with E-state index in [0.717, 1.165) is 54.0 Å². The fraction of sp³-hybridized carbons (Fsp3) is 0.577. The maximum absolute atomic E-state index is 13.5. The SMILES string of the molecule is Cc1cc2c(s1)Nc1ccccc1N=C2N1CC[N+](C)(COP(=O)(OC(C)(C)C)OC(C)(C)C)CC1.[I-]. The van der Waals surface area contributed by atoms with Crippen LogP contribution in [-0.2, 0) is 18.1 Å². The molecule has 0 saturated carbocycles. The first-order valence-corrected chi connectivity index (χ1v) is 14.7. The van der Waals surface area contributed by atoms with E-state index in [-0.39, 0.29) is 30.7 Å². The van der Waals surface area contributed by atoms with Crippen molar-refractivity contribution in [2.45, 2.75) is 59.7 Å². The van der Waals surface area contributed by atoms with Crippen LogP contribution in [0, 0.1) is 6.92 Å². The number of nitrogens with one attached hydrogen (secondary N) is 1. The molecule has 1 fully saturated rings. The van der Waals surface area contributed by atoms with Gasteiger partial charge in [0.05, 0.1) is 61.4 Å². The van der Waals surface area contributed by atoms with E-state index in [1.165, 1.54) is 4.88 Å². The van der Waals surface area contributed by atoms with Gasteiger partial charge >= 0.3 is 7.82 Å². The van der Waals surface area contributed by atoms with Gasteiger partial charge in [0.15, 0.2) is 6.73 Å². The zero-order valence-corrected chi connectivity index (χ0v) is 27.0. The largest absolute Gasteiger partial charge is 1.00 e. The minimum absolute atomic E-state index is 0. The fourth-order valence-electron chi connectivity index (χ4n) is 4.23. The lowest BCUT2D eigenvalue weighted by Crippen LogP contribution is -3.00. The van der Waals surface area contributed by atoms with E-state index in [0.29, 0.717) is 4.48 Å². The van der Waals surface area contributed by atoms with Gasteiger partial charge in [-0.15, -0.1) is 11.3 Å². The molecule has 206 valence electrons. The number of rotatable bonds is 5. The van der Waals surface area contributed by atoms with Crippen molar-refractivity contribution >= 4 is 41.4 Å². The maximum atomic E-state index is 13.5. The van der Waals surface area contributed by atoms with E-state index in [2.05, 4.69) is 36.3 Å². The molecule has 1 N–H and O–H groups in total. The van der Waals surface area contributed by atoms with Crippen LogP contribution in [0.5, 0.6) is 0 Å². The highest BCUT2D eigenvalue weighted by Crippen LogP contribution is 2.55. The van der Waals surface area contributed by atoms with Crippen LogP contribution in [0.1, 0.15) is 52.0 Å². The number of aryl methyl sites for hydroxylation is 1. The summed E-state index contributed by atoms with van der Waals surface area (Å²) in [5.74, 6) is 0.997. The molecular formula is C26H40IN4O4PS. The number of hydrogen-bond donors (Lipinski definition) is 1. The number of hydrogen-bond acceptors (Lipinski definition) is 8. The number of halogens is 1. The molecular weight excluding hydrogens is 622 g/mol. The van der Waals surface area contributed by atoms with Crippen molar-refractivity contribution in [2.75, 3.05) is 45.3 Å². The van der Waals surface area contributed by atoms with Gasteiger partial charge < -0.3 is 38.7 Å². The Morgan fingerprint density at radius 2 is 1.68 bits per heavy atom.